The third-order valence-corrected chi connectivity index (χ3v) is 8.62. The number of anilines is 1. The van der Waals surface area contributed by atoms with E-state index in [1.165, 1.54) is 0 Å². The predicted octanol–water partition coefficient (Wildman–Crippen LogP) is -1.29. The van der Waals surface area contributed by atoms with E-state index in [9.17, 15) is 33.6 Å². The maximum Gasteiger partial charge on any atom is 0.492 e. The van der Waals surface area contributed by atoms with Gasteiger partial charge < -0.3 is 35.4 Å². The van der Waals surface area contributed by atoms with Crippen LogP contribution in [-0.4, -0.2) is 75.9 Å². The lowest BCUT2D eigenvalue weighted by molar-refractivity contribution is -0.0504. The minimum atomic E-state index is -5.54. The summed E-state index contributed by atoms with van der Waals surface area (Å²) in [6, 6.07) is 0. The Morgan fingerprint density at radius 1 is 1.19 bits per heavy atom. The first-order chi connectivity index (χ1) is 16.6. The zero-order chi connectivity index (χ0) is 26.9. The van der Waals surface area contributed by atoms with Crippen LogP contribution < -0.4 is 11.3 Å². The molecule has 6 atom stereocenters. The minimum absolute atomic E-state index is 0.107. The fourth-order valence-corrected chi connectivity index (χ4v) is 6.61. The summed E-state index contributed by atoms with van der Waals surface area (Å²) in [7, 11) is -16.4. The molecule has 2 aromatic heterocycles. The van der Waals surface area contributed by atoms with Gasteiger partial charge in [-0.05, 0) is 0 Å². The molecule has 0 bridgehead atoms. The van der Waals surface area contributed by atoms with Crippen molar-refractivity contribution in [3.8, 4) is 12.3 Å². The number of ether oxygens (including phenoxy) is 1. The Labute approximate surface area is 200 Å². The van der Waals surface area contributed by atoms with Crippen molar-refractivity contribution in [1.82, 2.24) is 19.5 Å². The van der Waals surface area contributed by atoms with E-state index in [2.05, 4.69) is 38.5 Å². The number of aromatic nitrogens is 4. The van der Waals surface area contributed by atoms with Gasteiger partial charge in [-0.2, -0.15) is 13.6 Å². The quantitative estimate of drug-likeness (QED) is 0.0931. The summed E-state index contributed by atoms with van der Waals surface area (Å²) in [6.45, 7) is -1.61. The highest BCUT2D eigenvalue weighted by molar-refractivity contribution is 7.67. The Hall–Kier alpha value is -2.00. The zero-order valence-electron chi connectivity index (χ0n) is 17.8. The first kappa shape index (κ1) is 28.6. The molecule has 0 spiro atoms. The van der Waals surface area contributed by atoms with Gasteiger partial charge in [-0.15, -0.1) is 12.3 Å². The van der Waals surface area contributed by atoms with Crippen LogP contribution in [0, 0.1) is 12.3 Å². The zero-order valence-corrected chi connectivity index (χ0v) is 20.4. The number of rotatable bonds is 11. The van der Waals surface area contributed by atoms with Crippen molar-refractivity contribution in [2.24, 2.45) is 0 Å². The number of nitrogens with one attached hydrogen (secondary N) is 1. The molecule has 200 valence electrons. The van der Waals surface area contributed by atoms with Crippen LogP contribution in [0.25, 0.3) is 11.2 Å². The SMILES string of the molecule is C#CCCOP(=O)(OP(=O)(O)O)OP(=O)(O)OC[C@H]1O[C@@H](n2cnc3c(=O)[nH]c(N)nc32)[C@H](O)[C@@H]1O. The van der Waals surface area contributed by atoms with E-state index in [0.29, 0.717) is 0 Å². The number of nitrogen functional groups attached to an aromatic ring is 1. The highest BCUT2D eigenvalue weighted by Gasteiger charge is 2.47. The summed E-state index contributed by atoms with van der Waals surface area (Å²) in [6.07, 6.45) is -0.549. The van der Waals surface area contributed by atoms with E-state index in [1.54, 1.807) is 0 Å². The Kier molecular flexibility index (Phi) is 8.55. The Balaban J connectivity index is 1.72. The predicted molar refractivity (Wildman–Crippen MR) is 115 cm³/mol. The lowest BCUT2D eigenvalue weighted by Crippen LogP contribution is -2.33. The number of imidazole rings is 1. The van der Waals surface area contributed by atoms with Gasteiger partial charge in [0.2, 0.25) is 5.95 Å². The second-order valence-electron chi connectivity index (χ2n) is 6.97. The van der Waals surface area contributed by atoms with Gasteiger partial charge in [0.1, 0.15) is 18.3 Å². The molecule has 36 heavy (non-hydrogen) atoms. The van der Waals surface area contributed by atoms with Gasteiger partial charge in [0.05, 0.1) is 19.5 Å². The first-order valence-electron chi connectivity index (χ1n) is 9.52. The van der Waals surface area contributed by atoms with Crippen LogP contribution in [0.3, 0.4) is 0 Å². The fraction of sp³-hybridized carbons (Fsp3) is 0.500. The number of hydrogen-bond acceptors (Lipinski definition) is 14. The maximum atomic E-state index is 12.4. The second kappa shape index (κ2) is 10.8. The van der Waals surface area contributed by atoms with Gasteiger partial charge >= 0.3 is 23.5 Å². The number of fused-ring (bicyclic) bond motifs is 1. The van der Waals surface area contributed by atoms with Crippen LogP contribution in [0.2, 0.25) is 0 Å². The molecule has 3 heterocycles. The highest BCUT2D eigenvalue weighted by Crippen LogP contribution is 2.69. The summed E-state index contributed by atoms with van der Waals surface area (Å²) in [5.74, 6) is 1.78. The van der Waals surface area contributed by atoms with E-state index in [4.69, 9.17) is 26.7 Å². The molecule has 1 fully saturated rings. The van der Waals surface area contributed by atoms with Crippen LogP contribution in [0.5, 0.6) is 0 Å². The van der Waals surface area contributed by atoms with Crippen molar-refractivity contribution in [2.75, 3.05) is 18.9 Å². The molecular formula is C14H20N5O14P3. The van der Waals surface area contributed by atoms with Crippen molar-refractivity contribution < 1.29 is 61.0 Å². The van der Waals surface area contributed by atoms with Crippen LogP contribution >= 0.6 is 23.5 Å². The standard InChI is InChI=1S/C14H20N5O14P3/c1-2-3-4-29-36(28,32-34(23,24)25)33-35(26,27)30-5-7-9(20)10(21)13(31-7)19-6-16-8-11(19)17-14(15)18-12(8)22/h1,6-7,9-10,13,20-21H,3-5H2,(H,26,27)(H2,23,24,25)(H3,15,17,18,22)/t7-,9-,10-,13-,36?/m1/s1. The molecule has 3 rings (SSSR count). The fourth-order valence-electron chi connectivity index (χ4n) is 2.95. The van der Waals surface area contributed by atoms with Gasteiger partial charge in [-0.1, -0.05) is 0 Å². The van der Waals surface area contributed by atoms with Gasteiger partial charge in [0.25, 0.3) is 5.56 Å². The lowest BCUT2D eigenvalue weighted by atomic mass is 10.1. The summed E-state index contributed by atoms with van der Waals surface area (Å²) in [5.41, 5.74) is 4.56. The number of H-pyrrole nitrogens is 1. The summed E-state index contributed by atoms with van der Waals surface area (Å²) in [4.78, 5) is 49.5. The molecule has 1 aliphatic rings. The molecular weight excluding hydrogens is 555 g/mol. The van der Waals surface area contributed by atoms with E-state index >= 15 is 0 Å². The lowest BCUT2D eigenvalue weighted by Gasteiger charge is -2.21. The third kappa shape index (κ3) is 6.85. The number of phosphoric ester groups is 1. The molecule has 2 aromatic rings. The van der Waals surface area contributed by atoms with Crippen LogP contribution in [0.1, 0.15) is 12.6 Å². The summed E-state index contributed by atoms with van der Waals surface area (Å²) in [5, 5.41) is 20.7. The van der Waals surface area contributed by atoms with E-state index in [1.807, 2.05) is 0 Å². The Bertz CT molecular complexity index is 1350. The maximum absolute atomic E-state index is 12.4. The molecule has 0 saturated carbocycles. The Morgan fingerprint density at radius 2 is 1.89 bits per heavy atom. The number of phosphoric acid groups is 3. The molecule has 19 nitrogen and oxygen atoms in total. The number of terminal acetylenes is 1. The number of nitrogens with two attached hydrogens (primary N) is 1. The van der Waals surface area contributed by atoms with Crippen LogP contribution in [0.4, 0.5) is 5.95 Å². The molecule has 22 heteroatoms. The number of aliphatic hydroxyl groups is 2. The number of nitrogens with zero attached hydrogens (tertiary/aromatic N) is 3. The van der Waals surface area contributed by atoms with Crippen LogP contribution in [0.15, 0.2) is 11.1 Å². The number of hydrogen-bond donors (Lipinski definition) is 7. The molecule has 8 N–H and O–H groups in total. The van der Waals surface area contributed by atoms with Gasteiger partial charge in [-0.25, -0.2) is 18.7 Å². The Morgan fingerprint density at radius 3 is 2.53 bits per heavy atom. The largest absolute Gasteiger partial charge is 0.492 e. The molecule has 0 aliphatic carbocycles. The average molecular weight is 575 g/mol. The van der Waals surface area contributed by atoms with Crippen LogP contribution in [-0.2, 0) is 36.1 Å². The topological polar surface area (TPSA) is 288 Å². The smallest absolute Gasteiger partial charge is 0.387 e. The number of aliphatic hydroxyl groups excluding tert-OH is 2. The molecule has 0 amide bonds. The van der Waals surface area contributed by atoms with E-state index in [0.717, 1.165) is 10.9 Å². The molecule has 2 unspecified atom stereocenters. The molecule has 1 aliphatic heterocycles. The molecule has 0 aromatic carbocycles. The first-order valence-corrected chi connectivity index (χ1v) is 14.0. The van der Waals surface area contributed by atoms with Gasteiger partial charge in [-0.3, -0.25) is 23.4 Å². The molecule has 1 saturated heterocycles. The number of aromatic amines is 1. The molecule has 0 radical (unpaired) electrons. The summed E-state index contributed by atoms with van der Waals surface area (Å²) < 4.78 is 59.4. The van der Waals surface area contributed by atoms with Crippen molar-refractivity contribution in [2.45, 2.75) is 31.0 Å². The minimum Gasteiger partial charge on any atom is -0.387 e. The van der Waals surface area contributed by atoms with Crippen molar-refractivity contribution in [1.29, 1.82) is 0 Å². The van der Waals surface area contributed by atoms with Crippen molar-refractivity contribution in [3.05, 3.63) is 16.7 Å². The monoisotopic (exact) mass is 575 g/mol. The van der Waals surface area contributed by atoms with Gasteiger partial charge in [0.15, 0.2) is 17.4 Å². The second-order valence-corrected chi connectivity index (χ2v) is 11.6. The van der Waals surface area contributed by atoms with Crippen molar-refractivity contribution >= 4 is 40.6 Å². The van der Waals surface area contributed by atoms with E-state index < -0.39 is 66.8 Å². The average Bonchev–Trinajstić information content (AvgIpc) is 3.26. The summed E-state index contributed by atoms with van der Waals surface area (Å²) >= 11 is 0. The van der Waals surface area contributed by atoms with E-state index in [-0.39, 0.29) is 23.5 Å². The van der Waals surface area contributed by atoms with Crippen molar-refractivity contribution in [3.63, 3.8) is 0 Å². The third-order valence-electron chi connectivity index (χ3n) is 4.37. The van der Waals surface area contributed by atoms with Gasteiger partial charge in [0, 0.05) is 6.42 Å². The highest BCUT2D eigenvalue weighted by atomic mass is 31.3. The normalized spacial score (nSPS) is 25.9.